The molecule has 3 atom stereocenters. The number of aromatic nitrogens is 2. The third kappa shape index (κ3) is 4.38. The number of ether oxygens (including phenoxy) is 2. The lowest BCUT2D eigenvalue weighted by molar-refractivity contribution is -0.0585. The summed E-state index contributed by atoms with van der Waals surface area (Å²) in [5, 5.41) is 4.79. The van der Waals surface area contributed by atoms with Crippen LogP contribution in [0, 0.1) is 6.92 Å². The highest BCUT2D eigenvalue weighted by Gasteiger charge is 2.32. The second-order valence-corrected chi connectivity index (χ2v) is 10.5. The molecular formula is C28H35N5O3. The van der Waals surface area contributed by atoms with Crippen LogP contribution in [0.1, 0.15) is 42.1 Å². The first-order valence-electron chi connectivity index (χ1n) is 13.1. The van der Waals surface area contributed by atoms with Crippen LogP contribution in [0.15, 0.2) is 30.6 Å². The first kappa shape index (κ1) is 23.5. The number of aryl methyl sites for hydroxylation is 1. The van der Waals surface area contributed by atoms with Crippen molar-refractivity contribution in [2.24, 2.45) is 0 Å². The predicted molar refractivity (Wildman–Crippen MR) is 139 cm³/mol. The first-order chi connectivity index (χ1) is 17.5. The number of hydrogen-bond acceptors (Lipinski definition) is 5. The molecule has 8 nitrogen and oxygen atoms in total. The molecule has 1 aromatic carbocycles. The summed E-state index contributed by atoms with van der Waals surface area (Å²) >= 11 is 0. The minimum absolute atomic E-state index is 0.0612. The third-order valence-corrected chi connectivity index (χ3v) is 7.71. The van der Waals surface area contributed by atoms with Crippen molar-refractivity contribution in [1.29, 1.82) is 0 Å². The number of H-pyrrole nitrogens is 1. The molecule has 0 radical (unpaired) electrons. The predicted octanol–water partition coefficient (Wildman–Crippen LogP) is 3.79. The SMILES string of the molecule is Cc1c[nH]c2ncc(-c3cc4c(c([C@@H]5COCCN5)c3)CN(C(=O)N3C[C@@H](C)O[C@@H](C)C3)CC4)cc12. The van der Waals surface area contributed by atoms with Crippen LogP contribution in [0.5, 0.6) is 0 Å². The molecule has 3 aliphatic rings. The number of nitrogens with one attached hydrogen (secondary N) is 2. The van der Waals surface area contributed by atoms with Gasteiger partial charge in [0.25, 0.3) is 0 Å². The molecule has 5 heterocycles. The smallest absolute Gasteiger partial charge is 0.320 e. The van der Waals surface area contributed by atoms with E-state index in [-0.39, 0.29) is 24.3 Å². The molecule has 0 unspecified atom stereocenters. The molecular weight excluding hydrogens is 454 g/mol. The monoisotopic (exact) mass is 489 g/mol. The van der Waals surface area contributed by atoms with E-state index in [0.29, 0.717) is 26.2 Å². The van der Waals surface area contributed by atoms with Gasteiger partial charge in [0.1, 0.15) is 5.65 Å². The van der Waals surface area contributed by atoms with E-state index in [9.17, 15) is 4.79 Å². The van der Waals surface area contributed by atoms with Gasteiger partial charge in [-0.05, 0) is 67.1 Å². The number of morpholine rings is 2. The number of fused-ring (bicyclic) bond motifs is 2. The quantitative estimate of drug-likeness (QED) is 0.573. The zero-order valence-electron chi connectivity index (χ0n) is 21.3. The van der Waals surface area contributed by atoms with Gasteiger partial charge in [-0.25, -0.2) is 9.78 Å². The van der Waals surface area contributed by atoms with E-state index in [1.165, 1.54) is 27.8 Å². The van der Waals surface area contributed by atoms with Gasteiger partial charge < -0.3 is 29.6 Å². The summed E-state index contributed by atoms with van der Waals surface area (Å²) < 4.78 is 11.7. The van der Waals surface area contributed by atoms with Gasteiger partial charge >= 0.3 is 6.03 Å². The number of benzene rings is 1. The van der Waals surface area contributed by atoms with Crippen LogP contribution in [-0.2, 0) is 22.4 Å². The molecule has 0 aliphatic carbocycles. The van der Waals surface area contributed by atoms with Crippen LogP contribution < -0.4 is 5.32 Å². The van der Waals surface area contributed by atoms with E-state index in [2.05, 4.69) is 40.4 Å². The zero-order chi connectivity index (χ0) is 24.8. The number of rotatable bonds is 2. The number of nitrogens with zero attached hydrogens (tertiary/aromatic N) is 3. The fourth-order valence-electron chi connectivity index (χ4n) is 5.93. The minimum atomic E-state index is 0.0612. The number of amides is 2. The Hall–Kier alpha value is -2.94. The van der Waals surface area contributed by atoms with Crippen molar-refractivity contribution in [1.82, 2.24) is 25.1 Å². The average Bonchev–Trinajstić information content (AvgIpc) is 3.27. The molecule has 0 saturated carbocycles. The number of hydrogen-bond donors (Lipinski definition) is 2. The molecule has 8 heteroatoms. The van der Waals surface area contributed by atoms with Crippen LogP contribution in [0.3, 0.4) is 0 Å². The lowest BCUT2D eigenvalue weighted by Gasteiger charge is -2.40. The Labute approximate surface area is 212 Å². The van der Waals surface area contributed by atoms with Crippen LogP contribution in [0.4, 0.5) is 4.79 Å². The number of carbonyl (C=O) groups is 1. The third-order valence-electron chi connectivity index (χ3n) is 7.71. The van der Waals surface area contributed by atoms with Crippen molar-refractivity contribution < 1.29 is 14.3 Å². The Balaban J connectivity index is 1.35. The van der Waals surface area contributed by atoms with E-state index in [1.807, 2.05) is 36.0 Å². The number of carbonyl (C=O) groups excluding carboxylic acids is 1. The summed E-state index contributed by atoms with van der Waals surface area (Å²) in [6, 6.07) is 7.03. The second-order valence-electron chi connectivity index (χ2n) is 10.5. The summed E-state index contributed by atoms with van der Waals surface area (Å²) in [6.07, 6.45) is 4.92. The van der Waals surface area contributed by atoms with Crippen LogP contribution in [0.25, 0.3) is 22.2 Å². The van der Waals surface area contributed by atoms with Crippen molar-refractivity contribution in [2.75, 3.05) is 39.4 Å². The Bertz CT molecular complexity index is 1270. The maximum atomic E-state index is 13.5. The van der Waals surface area contributed by atoms with E-state index >= 15 is 0 Å². The molecule has 2 fully saturated rings. The van der Waals surface area contributed by atoms with Gasteiger partial charge in [-0.2, -0.15) is 0 Å². The fourth-order valence-corrected chi connectivity index (χ4v) is 5.93. The van der Waals surface area contributed by atoms with Gasteiger partial charge in [0, 0.05) is 56.1 Å². The molecule has 6 rings (SSSR count). The number of pyridine rings is 1. The molecule has 2 N–H and O–H groups in total. The lowest BCUT2D eigenvalue weighted by atomic mass is 9.87. The van der Waals surface area contributed by atoms with Gasteiger partial charge in [0.2, 0.25) is 0 Å². The molecule has 2 aromatic heterocycles. The largest absolute Gasteiger partial charge is 0.378 e. The summed E-state index contributed by atoms with van der Waals surface area (Å²) in [5.41, 5.74) is 8.19. The summed E-state index contributed by atoms with van der Waals surface area (Å²) in [6.45, 7) is 11.0. The highest BCUT2D eigenvalue weighted by molar-refractivity contribution is 5.84. The van der Waals surface area contributed by atoms with Crippen LogP contribution >= 0.6 is 0 Å². The Morgan fingerprint density at radius 1 is 1.11 bits per heavy atom. The molecule has 2 saturated heterocycles. The Morgan fingerprint density at radius 3 is 2.72 bits per heavy atom. The van der Waals surface area contributed by atoms with E-state index in [1.54, 1.807) is 0 Å². The van der Waals surface area contributed by atoms with Crippen LogP contribution in [-0.4, -0.2) is 77.4 Å². The van der Waals surface area contributed by atoms with Crippen molar-refractivity contribution >= 4 is 17.1 Å². The van der Waals surface area contributed by atoms with Crippen molar-refractivity contribution in [3.05, 3.63) is 52.8 Å². The molecule has 2 amide bonds. The van der Waals surface area contributed by atoms with Crippen molar-refractivity contribution in [3.8, 4) is 11.1 Å². The molecule has 0 spiro atoms. The topological polar surface area (TPSA) is 82.7 Å². The average molecular weight is 490 g/mol. The van der Waals surface area contributed by atoms with Gasteiger partial charge in [-0.3, -0.25) is 0 Å². The normalized spacial score (nSPS) is 24.7. The second kappa shape index (κ2) is 9.50. The van der Waals surface area contributed by atoms with Gasteiger partial charge in [-0.15, -0.1) is 0 Å². The van der Waals surface area contributed by atoms with Gasteiger partial charge in [0.15, 0.2) is 0 Å². The molecule has 3 aliphatic heterocycles. The summed E-state index contributed by atoms with van der Waals surface area (Å²) in [5.74, 6) is 0. The van der Waals surface area contributed by atoms with E-state index in [0.717, 1.165) is 42.7 Å². The van der Waals surface area contributed by atoms with E-state index in [4.69, 9.17) is 9.47 Å². The Kier molecular flexibility index (Phi) is 6.19. The molecule has 36 heavy (non-hydrogen) atoms. The molecule has 3 aromatic rings. The first-order valence-corrected chi connectivity index (χ1v) is 13.1. The van der Waals surface area contributed by atoms with Crippen LogP contribution in [0.2, 0.25) is 0 Å². The Morgan fingerprint density at radius 2 is 1.94 bits per heavy atom. The highest BCUT2D eigenvalue weighted by atomic mass is 16.5. The molecule has 0 bridgehead atoms. The highest BCUT2D eigenvalue weighted by Crippen LogP contribution is 2.35. The number of aromatic amines is 1. The maximum absolute atomic E-state index is 13.5. The lowest BCUT2D eigenvalue weighted by Crippen LogP contribution is -2.53. The van der Waals surface area contributed by atoms with E-state index < -0.39 is 0 Å². The van der Waals surface area contributed by atoms with Crippen molar-refractivity contribution in [3.63, 3.8) is 0 Å². The molecule has 190 valence electrons. The minimum Gasteiger partial charge on any atom is -0.378 e. The zero-order valence-corrected chi connectivity index (χ0v) is 21.3. The summed E-state index contributed by atoms with van der Waals surface area (Å²) in [7, 11) is 0. The van der Waals surface area contributed by atoms with Crippen molar-refractivity contribution in [2.45, 2.75) is 52.0 Å². The van der Waals surface area contributed by atoms with Gasteiger partial charge in [-0.1, -0.05) is 6.07 Å². The van der Waals surface area contributed by atoms with Gasteiger partial charge in [0.05, 0.1) is 31.5 Å². The standard InChI is InChI=1S/C28H35N5O3/c1-17-11-30-27-23(17)10-22(12-31-27)21-8-20-4-6-32(28(34)33-13-18(2)36-19(3)14-33)15-25(20)24(9-21)26-16-35-7-5-29-26/h8-12,18-19,26,29H,4-7,13-16H2,1-3H3,(H,30,31)/t18-,19+,26-/m0/s1. The fraction of sp³-hybridized carbons (Fsp3) is 0.500. The maximum Gasteiger partial charge on any atom is 0.320 e. The number of urea groups is 1. The summed E-state index contributed by atoms with van der Waals surface area (Å²) in [4.78, 5) is 25.4.